The Morgan fingerprint density at radius 3 is 2.18 bits per heavy atom. The van der Waals surface area contributed by atoms with E-state index in [9.17, 15) is 9.13 Å². The Hall–Kier alpha value is -1.26. The summed E-state index contributed by atoms with van der Waals surface area (Å²) in [6.45, 7) is 8.17. The van der Waals surface area contributed by atoms with E-state index in [1.807, 2.05) is 25.1 Å². The van der Waals surface area contributed by atoms with Crippen LogP contribution in [0.4, 0.5) is 0 Å². The van der Waals surface area contributed by atoms with Gasteiger partial charge in [-0.15, -0.1) is 0 Å². The molecule has 0 bridgehead atoms. The number of aryl methyl sites for hydroxylation is 1. The van der Waals surface area contributed by atoms with Gasteiger partial charge in [-0.3, -0.25) is 9.13 Å². The topological polar surface area (TPSA) is 115 Å². The van der Waals surface area contributed by atoms with E-state index in [1.54, 1.807) is 6.08 Å². The minimum absolute atomic E-state index is 0.404. The predicted molar refractivity (Wildman–Crippen MR) is 115 cm³/mol. The van der Waals surface area contributed by atoms with Gasteiger partial charge in [0, 0.05) is 0 Å². The van der Waals surface area contributed by atoms with Gasteiger partial charge >= 0.3 is 15.2 Å². The Balaban J connectivity index is 2.87. The smallest absolute Gasteiger partial charge is 0.324 e. The van der Waals surface area contributed by atoms with Crippen molar-refractivity contribution in [2.75, 3.05) is 0 Å². The molecule has 0 aliphatic rings. The highest BCUT2D eigenvalue weighted by atomic mass is 31.2. The minimum Gasteiger partial charge on any atom is -0.324 e. The van der Waals surface area contributed by atoms with Crippen LogP contribution in [0.5, 0.6) is 0 Å². The van der Waals surface area contributed by atoms with E-state index in [0.717, 1.165) is 29.5 Å². The van der Waals surface area contributed by atoms with Gasteiger partial charge in [0.25, 0.3) is 0 Å². The van der Waals surface area contributed by atoms with Crippen LogP contribution < -0.4 is 0 Å². The van der Waals surface area contributed by atoms with Crippen LogP contribution in [0.3, 0.4) is 0 Å². The number of hydrogen-bond acceptors (Lipinski definition) is 2. The molecule has 6 nitrogen and oxygen atoms in total. The van der Waals surface area contributed by atoms with E-state index in [2.05, 4.69) is 32.9 Å². The van der Waals surface area contributed by atoms with E-state index in [1.165, 1.54) is 17.2 Å². The standard InChI is InChI=1S/C20H30O6P2/c1-15(2)7-5-8-16(3)13-18-11-12-19(17(4)14-18)9-6-10-20(27(21,22)23)28(24,25)26/h6-7,9,11-14,20H,5,8,10H2,1-4H3,(H2,21,22,23)(H2,24,25,26). The Morgan fingerprint density at radius 1 is 1.07 bits per heavy atom. The van der Waals surface area contributed by atoms with Crippen molar-refractivity contribution in [3.05, 3.63) is 58.2 Å². The maximum absolute atomic E-state index is 11.3. The summed E-state index contributed by atoms with van der Waals surface area (Å²) in [4.78, 5) is 36.6. The van der Waals surface area contributed by atoms with Gasteiger partial charge in [0.15, 0.2) is 5.40 Å². The molecule has 1 aromatic carbocycles. The van der Waals surface area contributed by atoms with Crippen LogP contribution in [0, 0.1) is 6.92 Å². The molecule has 1 aromatic rings. The highest BCUT2D eigenvalue weighted by Gasteiger charge is 2.42. The third kappa shape index (κ3) is 8.83. The van der Waals surface area contributed by atoms with Crippen molar-refractivity contribution in [2.24, 2.45) is 0 Å². The molecule has 0 unspecified atom stereocenters. The third-order valence-corrected chi connectivity index (χ3v) is 8.00. The van der Waals surface area contributed by atoms with Crippen molar-refractivity contribution in [2.45, 2.75) is 52.4 Å². The molecule has 0 saturated heterocycles. The van der Waals surface area contributed by atoms with Crippen LogP contribution in [0.1, 0.15) is 56.7 Å². The zero-order valence-corrected chi connectivity index (χ0v) is 18.5. The lowest BCUT2D eigenvalue weighted by atomic mass is 10.0. The average molecular weight is 428 g/mol. The lowest BCUT2D eigenvalue weighted by Gasteiger charge is -2.17. The SMILES string of the molecule is CC(C)=CCCC(C)=Cc1ccc(C=CCC(P(=O)(O)O)P(=O)(O)O)c(C)c1. The summed E-state index contributed by atoms with van der Waals surface area (Å²) >= 11 is 0. The zero-order valence-electron chi connectivity index (χ0n) is 16.7. The van der Waals surface area contributed by atoms with Crippen LogP contribution in [0.2, 0.25) is 0 Å². The molecule has 8 heteroatoms. The maximum atomic E-state index is 11.3. The highest BCUT2D eigenvalue weighted by Crippen LogP contribution is 2.61. The molecular formula is C20H30O6P2. The molecule has 0 atom stereocenters. The van der Waals surface area contributed by atoms with Crippen LogP contribution in [-0.2, 0) is 9.13 Å². The summed E-state index contributed by atoms with van der Waals surface area (Å²) in [5.41, 5.74) is 5.43. The van der Waals surface area contributed by atoms with E-state index in [0.29, 0.717) is 0 Å². The quantitative estimate of drug-likeness (QED) is 0.316. The van der Waals surface area contributed by atoms with Crippen molar-refractivity contribution < 1.29 is 28.7 Å². The first-order valence-corrected chi connectivity index (χ1v) is 12.3. The van der Waals surface area contributed by atoms with Crippen molar-refractivity contribution in [3.63, 3.8) is 0 Å². The van der Waals surface area contributed by atoms with E-state index in [4.69, 9.17) is 19.6 Å². The number of rotatable bonds is 9. The molecule has 0 aliphatic heterocycles. The molecule has 0 spiro atoms. The van der Waals surface area contributed by atoms with Crippen LogP contribution in [0.25, 0.3) is 12.2 Å². The lowest BCUT2D eigenvalue weighted by Crippen LogP contribution is -2.07. The Bertz CT molecular complexity index is 831. The Kier molecular flexibility index (Phi) is 9.29. The second kappa shape index (κ2) is 10.5. The van der Waals surface area contributed by atoms with Gasteiger partial charge in [-0.2, -0.15) is 0 Å². The molecule has 0 aromatic heterocycles. The first kappa shape index (κ1) is 24.8. The van der Waals surface area contributed by atoms with Gasteiger partial charge in [0.05, 0.1) is 0 Å². The van der Waals surface area contributed by atoms with Crippen molar-refractivity contribution in [1.29, 1.82) is 0 Å². The van der Waals surface area contributed by atoms with E-state index in [-0.39, 0.29) is 0 Å². The molecule has 1 rings (SSSR count). The van der Waals surface area contributed by atoms with E-state index < -0.39 is 27.0 Å². The van der Waals surface area contributed by atoms with Gasteiger partial charge in [0.2, 0.25) is 0 Å². The molecule has 0 radical (unpaired) electrons. The van der Waals surface area contributed by atoms with Gasteiger partial charge in [0.1, 0.15) is 0 Å². The van der Waals surface area contributed by atoms with Crippen LogP contribution in [-0.4, -0.2) is 25.0 Å². The minimum atomic E-state index is -4.90. The largest absolute Gasteiger partial charge is 0.341 e. The summed E-state index contributed by atoms with van der Waals surface area (Å²) in [5, 5.41) is -2.01. The molecule has 4 N–H and O–H groups in total. The van der Waals surface area contributed by atoms with E-state index >= 15 is 0 Å². The number of allylic oxidation sites excluding steroid dienone is 4. The third-order valence-electron chi connectivity index (χ3n) is 4.22. The zero-order chi connectivity index (χ0) is 21.5. The summed E-state index contributed by atoms with van der Waals surface area (Å²) in [6, 6.07) is 5.83. The molecular weight excluding hydrogens is 398 g/mol. The normalized spacial score (nSPS) is 13.4. The molecule has 28 heavy (non-hydrogen) atoms. The maximum Gasteiger partial charge on any atom is 0.341 e. The first-order valence-electron chi connectivity index (χ1n) is 8.99. The number of benzene rings is 1. The molecule has 0 heterocycles. The molecule has 156 valence electrons. The molecule has 0 aliphatic carbocycles. The fourth-order valence-corrected chi connectivity index (χ4v) is 5.07. The lowest BCUT2D eigenvalue weighted by molar-refractivity contribution is 0.339. The second-order valence-electron chi connectivity index (χ2n) is 7.22. The fourth-order valence-electron chi connectivity index (χ4n) is 2.71. The van der Waals surface area contributed by atoms with Crippen molar-refractivity contribution in [1.82, 2.24) is 0 Å². The first-order chi connectivity index (χ1) is 12.8. The Morgan fingerprint density at radius 2 is 1.68 bits per heavy atom. The highest BCUT2D eigenvalue weighted by molar-refractivity contribution is 7.70. The molecule has 0 fully saturated rings. The van der Waals surface area contributed by atoms with Crippen LogP contribution >= 0.6 is 15.2 Å². The summed E-state index contributed by atoms with van der Waals surface area (Å²) in [6.07, 6.45) is 8.94. The van der Waals surface area contributed by atoms with Crippen LogP contribution in [0.15, 0.2) is 41.5 Å². The molecule has 0 amide bonds. The van der Waals surface area contributed by atoms with Gasteiger partial charge in [-0.25, -0.2) is 0 Å². The van der Waals surface area contributed by atoms with Crippen molar-refractivity contribution >= 4 is 27.3 Å². The summed E-state index contributed by atoms with van der Waals surface area (Å²) in [7, 11) is -9.79. The van der Waals surface area contributed by atoms with Gasteiger partial charge < -0.3 is 19.6 Å². The summed E-state index contributed by atoms with van der Waals surface area (Å²) in [5.74, 6) is 0. The molecule has 0 saturated carbocycles. The number of hydrogen-bond donors (Lipinski definition) is 4. The monoisotopic (exact) mass is 428 g/mol. The van der Waals surface area contributed by atoms with Gasteiger partial charge in [-0.1, -0.05) is 53.6 Å². The fraction of sp³-hybridized carbons (Fsp3) is 0.400. The van der Waals surface area contributed by atoms with Crippen molar-refractivity contribution in [3.8, 4) is 0 Å². The average Bonchev–Trinajstić information content (AvgIpc) is 2.50. The van der Waals surface area contributed by atoms with Gasteiger partial charge in [-0.05, 0) is 63.6 Å². The second-order valence-corrected chi connectivity index (χ2v) is 11.2. The Labute approximate surface area is 167 Å². The predicted octanol–water partition coefficient (Wildman–Crippen LogP) is 5.23. The summed E-state index contributed by atoms with van der Waals surface area (Å²) < 4.78 is 22.6.